The fraction of sp³-hybridized carbons (Fsp3) is 0.875. The molecular weight excluding hydrogens is 112 g/mol. The molecule has 1 radical (unpaired) electrons. The van der Waals surface area contributed by atoms with Gasteiger partial charge in [0.05, 0.1) is 0 Å². The van der Waals surface area contributed by atoms with Crippen molar-refractivity contribution >= 4 is 0 Å². The molecule has 0 bridgehead atoms. The molecule has 1 aliphatic carbocycles. The molecule has 1 rings (SSSR count). The van der Waals surface area contributed by atoms with E-state index in [0.717, 1.165) is 6.42 Å². The van der Waals surface area contributed by atoms with Crippen LogP contribution in [0.15, 0.2) is 0 Å². The Morgan fingerprint density at radius 1 is 1.56 bits per heavy atom. The lowest BCUT2D eigenvalue weighted by molar-refractivity contribution is 0.271. The zero-order chi connectivity index (χ0) is 7.07. The minimum atomic E-state index is 0.341. The van der Waals surface area contributed by atoms with E-state index in [9.17, 15) is 0 Å². The zero-order valence-corrected chi connectivity index (χ0v) is 6.44. The van der Waals surface area contributed by atoms with E-state index in [2.05, 4.69) is 20.8 Å². The first-order chi connectivity index (χ1) is 4.05. The summed E-state index contributed by atoms with van der Waals surface area (Å²) in [5, 5.41) is 8.72. The van der Waals surface area contributed by atoms with Gasteiger partial charge in [0, 0.05) is 6.61 Å². The summed E-state index contributed by atoms with van der Waals surface area (Å²) in [4.78, 5) is 0. The Morgan fingerprint density at radius 3 is 2.22 bits per heavy atom. The molecule has 0 saturated heterocycles. The van der Waals surface area contributed by atoms with Crippen molar-refractivity contribution in [3.8, 4) is 0 Å². The normalized spacial score (nSPS) is 28.7. The lowest BCUT2D eigenvalue weighted by Gasteiger charge is -2.16. The number of aliphatic hydroxyl groups excluding tert-OH is 1. The van der Waals surface area contributed by atoms with Crippen LogP contribution in [0.25, 0.3) is 0 Å². The van der Waals surface area contributed by atoms with Crippen LogP contribution in [0.5, 0.6) is 0 Å². The summed E-state index contributed by atoms with van der Waals surface area (Å²) in [6.07, 6.45) is 1.15. The molecule has 9 heavy (non-hydrogen) atoms. The lowest BCUT2D eigenvalue weighted by atomic mass is 9.89. The monoisotopic (exact) mass is 127 g/mol. The second-order valence-corrected chi connectivity index (χ2v) is 3.86. The van der Waals surface area contributed by atoms with Gasteiger partial charge in [-0.15, -0.1) is 0 Å². The van der Waals surface area contributed by atoms with Gasteiger partial charge in [-0.1, -0.05) is 20.8 Å². The molecule has 53 valence electrons. The molecule has 1 unspecified atom stereocenters. The number of hydrogen-bond acceptors (Lipinski definition) is 1. The molecule has 0 amide bonds. The molecular formula is C8H15O. The maximum absolute atomic E-state index is 8.72. The largest absolute Gasteiger partial charge is 0.396 e. The van der Waals surface area contributed by atoms with E-state index in [-0.39, 0.29) is 0 Å². The van der Waals surface area contributed by atoms with Gasteiger partial charge >= 0.3 is 0 Å². The SMILES string of the molecule is CC(C)(C)[C]1CC1CO. The second-order valence-electron chi connectivity index (χ2n) is 3.86. The highest BCUT2D eigenvalue weighted by Crippen LogP contribution is 2.52. The summed E-state index contributed by atoms with van der Waals surface area (Å²) >= 11 is 0. The van der Waals surface area contributed by atoms with Crippen LogP contribution in [0.2, 0.25) is 0 Å². The molecule has 1 aliphatic rings. The third-order valence-corrected chi connectivity index (χ3v) is 1.98. The summed E-state index contributed by atoms with van der Waals surface area (Å²) in [5.74, 6) is 2.06. The van der Waals surface area contributed by atoms with Crippen LogP contribution in [0.1, 0.15) is 27.2 Å². The molecule has 1 N–H and O–H groups in total. The third-order valence-electron chi connectivity index (χ3n) is 1.98. The topological polar surface area (TPSA) is 20.2 Å². The predicted octanol–water partition coefficient (Wildman–Crippen LogP) is 1.62. The first-order valence-corrected chi connectivity index (χ1v) is 3.52. The van der Waals surface area contributed by atoms with E-state index in [1.54, 1.807) is 0 Å². The smallest absolute Gasteiger partial charge is 0.0465 e. The number of hydrogen-bond donors (Lipinski definition) is 1. The van der Waals surface area contributed by atoms with Gasteiger partial charge in [-0.3, -0.25) is 0 Å². The maximum atomic E-state index is 8.72. The molecule has 1 fully saturated rings. The average Bonchev–Trinajstić information content (AvgIpc) is 2.39. The minimum Gasteiger partial charge on any atom is -0.396 e. The quantitative estimate of drug-likeness (QED) is 0.567. The van der Waals surface area contributed by atoms with Gasteiger partial charge in [0.25, 0.3) is 0 Å². The summed E-state index contributed by atoms with van der Waals surface area (Å²) in [5.41, 5.74) is 0.341. The van der Waals surface area contributed by atoms with Gasteiger partial charge < -0.3 is 5.11 Å². The van der Waals surface area contributed by atoms with Crippen LogP contribution in [0.3, 0.4) is 0 Å². The first kappa shape index (κ1) is 7.07. The van der Waals surface area contributed by atoms with Crippen molar-refractivity contribution in [2.24, 2.45) is 11.3 Å². The van der Waals surface area contributed by atoms with E-state index in [4.69, 9.17) is 5.11 Å². The lowest BCUT2D eigenvalue weighted by Crippen LogP contribution is -2.08. The van der Waals surface area contributed by atoms with Crippen molar-refractivity contribution in [3.63, 3.8) is 0 Å². The van der Waals surface area contributed by atoms with Crippen molar-refractivity contribution in [2.75, 3.05) is 6.61 Å². The van der Waals surface area contributed by atoms with Gasteiger partial charge in [-0.05, 0) is 23.7 Å². The summed E-state index contributed by atoms with van der Waals surface area (Å²) in [6.45, 7) is 6.97. The maximum Gasteiger partial charge on any atom is 0.0465 e. The Balaban J connectivity index is 2.33. The van der Waals surface area contributed by atoms with E-state index < -0.39 is 0 Å². The van der Waals surface area contributed by atoms with E-state index >= 15 is 0 Å². The Hall–Kier alpha value is -0.0400. The Morgan fingerprint density at radius 2 is 2.11 bits per heavy atom. The Bertz CT molecular complexity index is 102. The number of aliphatic hydroxyl groups is 1. The van der Waals surface area contributed by atoms with Crippen molar-refractivity contribution in [1.82, 2.24) is 0 Å². The molecule has 1 nitrogen and oxygen atoms in total. The van der Waals surface area contributed by atoms with Crippen molar-refractivity contribution < 1.29 is 5.11 Å². The summed E-state index contributed by atoms with van der Waals surface area (Å²) in [6, 6.07) is 0. The molecule has 1 heteroatoms. The molecule has 0 aromatic rings. The Kier molecular flexibility index (Phi) is 1.55. The number of rotatable bonds is 1. The highest BCUT2D eigenvalue weighted by molar-refractivity contribution is 5.20. The first-order valence-electron chi connectivity index (χ1n) is 3.52. The fourth-order valence-electron chi connectivity index (χ4n) is 1.30. The highest BCUT2D eigenvalue weighted by atomic mass is 16.3. The predicted molar refractivity (Wildman–Crippen MR) is 37.9 cm³/mol. The van der Waals surface area contributed by atoms with Crippen LogP contribution >= 0.6 is 0 Å². The van der Waals surface area contributed by atoms with E-state index in [0.29, 0.717) is 17.9 Å². The van der Waals surface area contributed by atoms with E-state index in [1.807, 2.05) is 0 Å². The van der Waals surface area contributed by atoms with Crippen LogP contribution in [0, 0.1) is 17.3 Å². The molecule has 1 saturated carbocycles. The minimum absolute atomic E-state index is 0.341. The van der Waals surface area contributed by atoms with E-state index in [1.165, 1.54) is 5.92 Å². The van der Waals surface area contributed by atoms with Gasteiger partial charge in [0.2, 0.25) is 0 Å². The van der Waals surface area contributed by atoms with Crippen LogP contribution in [-0.4, -0.2) is 11.7 Å². The zero-order valence-electron chi connectivity index (χ0n) is 6.44. The summed E-state index contributed by atoms with van der Waals surface area (Å²) < 4.78 is 0. The van der Waals surface area contributed by atoms with Crippen molar-refractivity contribution in [2.45, 2.75) is 27.2 Å². The molecule has 0 aromatic heterocycles. The van der Waals surface area contributed by atoms with Crippen molar-refractivity contribution in [1.29, 1.82) is 0 Å². The second kappa shape index (κ2) is 1.98. The molecule has 0 aromatic carbocycles. The molecule has 0 spiro atoms. The Labute approximate surface area is 57.1 Å². The van der Waals surface area contributed by atoms with Gasteiger partial charge in [-0.25, -0.2) is 0 Å². The van der Waals surface area contributed by atoms with Crippen LogP contribution in [0.4, 0.5) is 0 Å². The van der Waals surface area contributed by atoms with Gasteiger partial charge in [0.15, 0.2) is 0 Å². The highest BCUT2D eigenvalue weighted by Gasteiger charge is 2.44. The summed E-state index contributed by atoms with van der Waals surface area (Å²) in [7, 11) is 0. The van der Waals surface area contributed by atoms with Crippen molar-refractivity contribution in [3.05, 3.63) is 5.92 Å². The third kappa shape index (κ3) is 1.45. The van der Waals surface area contributed by atoms with Crippen LogP contribution in [-0.2, 0) is 0 Å². The molecule has 0 heterocycles. The standard InChI is InChI=1S/C8H15O/c1-8(2,3)7-4-6(7)5-9/h6,9H,4-5H2,1-3H3. The van der Waals surface area contributed by atoms with Crippen LogP contribution < -0.4 is 0 Å². The fourth-order valence-corrected chi connectivity index (χ4v) is 1.30. The molecule has 0 aliphatic heterocycles. The van der Waals surface area contributed by atoms with Gasteiger partial charge in [0.1, 0.15) is 0 Å². The van der Waals surface area contributed by atoms with Gasteiger partial charge in [-0.2, -0.15) is 0 Å². The molecule has 1 atom stereocenters. The average molecular weight is 127 g/mol.